The number of hydrogen-bond donors (Lipinski definition) is 1. The monoisotopic (exact) mass is 593 g/mol. The van der Waals surface area contributed by atoms with Crippen molar-refractivity contribution in [3.05, 3.63) is 72.9 Å². The first-order valence-electron chi connectivity index (χ1n) is 15.0. The van der Waals surface area contributed by atoms with Crippen molar-refractivity contribution in [2.45, 2.75) is 71.3 Å². The summed E-state index contributed by atoms with van der Waals surface area (Å²) >= 11 is 0. The Kier molecular flexibility index (Phi) is 7.07. The Bertz CT molecular complexity index is 1870. The molecule has 0 fully saturated rings. The van der Waals surface area contributed by atoms with Crippen molar-refractivity contribution in [1.29, 1.82) is 0 Å². The van der Waals surface area contributed by atoms with Crippen LogP contribution in [0, 0.1) is 0 Å². The van der Waals surface area contributed by atoms with Gasteiger partial charge in [0.25, 0.3) is 0 Å². The van der Waals surface area contributed by atoms with Crippen molar-refractivity contribution < 1.29 is 4.74 Å². The maximum Gasteiger partial charge on any atom is 0.161 e. The zero-order valence-corrected chi connectivity index (χ0v) is 28.2. The molecule has 0 atom stereocenters. The largest absolute Gasteiger partial charge is 0.374 e. The molecule has 0 radical (unpaired) electrons. The Morgan fingerprint density at radius 3 is 2.38 bits per heavy atom. The SMILES string of the molecule is CC(C)(C)[Si](C)(C)n1ccc2c(-c3ccc4c(c3)c(-c3nc5ccccc5[nH]3)nn4COCC[Si](C)(C)C)cccc21. The van der Waals surface area contributed by atoms with Gasteiger partial charge < -0.3 is 14.0 Å². The number of nitrogens with zero attached hydrogens (tertiary/aromatic N) is 4. The van der Waals surface area contributed by atoms with Crippen LogP contribution in [0.15, 0.2) is 72.9 Å². The lowest BCUT2D eigenvalue weighted by atomic mass is 10.00. The molecular formula is C34H43N5OSi2. The highest BCUT2D eigenvalue weighted by Gasteiger charge is 2.38. The number of para-hydroxylation sites is 2. The quantitative estimate of drug-likeness (QED) is 0.141. The summed E-state index contributed by atoms with van der Waals surface area (Å²) < 4.78 is 10.7. The topological polar surface area (TPSA) is 60.7 Å². The van der Waals surface area contributed by atoms with Crippen molar-refractivity contribution in [3.8, 4) is 22.6 Å². The number of H-pyrrole nitrogens is 1. The number of aromatic amines is 1. The number of aromatic nitrogens is 5. The van der Waals surface area contributed by atoms with Crippen molar-refractivity contribution in [2.24, 2.45) is 0 Å². The molecule has 0 amide bonds. The molecule has 0 aliphatic heterocycles. The summed E-state index contributed by atoms with van der Waals surface area (Å²) in [6, 6.07) is 25.0. The average Bonchev–Trinajstić information content (AvgIpc) is 3.64. The van der Waals surface area contributed by atoms with Gasteiger partial charge in [-0.25, -0.2) is 9.67 Å². The number of benzene rings is 3. The predicted molar refractivity (Wildman–Crippen MR) is 182 cm³/mol. The smallest absolute Gasteiger partial charge is 0.161 e. The van der Waals surface area contributed by atoms with Gasteiger partial charge in [0.2, 0.25) is 0 Å². The van der Waals surface area contributed by atoms with Gasteiger partial charge in [-0.05, 0) is 64.8 Å². The highest BCUT2D eigenvalue weighted by atomic mass is 28.3. The maximum atomic E-state index is 6.15. The average molecular weight is 594 g/mol. The Labute approximate surface area is 250 Å². The van der Waals surface area contributed by atoms with Gasteiger partial charge in [0.1, 0.15) is 12.4 Å². The second kappa shape index (κ2) is 10.4. The lowest BCUT2D eigenvalue weighted by Crippen LogP contribution is -2.44. The van der Waals surface area contributed by atoms with E-state index >= 15 is 0 Å². The Morgan fingerprint density at radius 1 is 0.857 bits per heavy atom. The van der Waals surface area contributed by atoms with Gasteiger partial charge in [-0.2, -0.15) is 5.10 Å². The number of nitrogens with one attached hydrogen (secondary N) is 1. The summed E-state index contributed by atoms with van der Waals surface area (Å²) in [5.74, 6) is 0.779. The van der Waals surface area contributed by atoms with Crippen LogP contribution in [-0.4, -0.2) is 46.9 Å². The van der Waals surface area contributed by atoms with Crippen LogP contribution in [0.25, 0.3) is 55.5 Å². The van der Waals surface area contributed by atoms with Gasteiger partial charge in [0.05, 0.1) is 16.6 Å². The number of fused-ring (bicyclic) bond motifs is 3. The Balaban J connectivity index is 1.46. The van der Waals surface area contributed by atoms with Crippen LogP contribution in [0.5, 0.6) is 0 Å². The first kappa shape index (κ1) is 28.6. The molecule has 0 aliphatic rings. The molecule has 8 heteroatoms. The normalized spacial score (nSPS) is 13.1. The first-order valence-corrected chi connectivity index (χ1v) is 21.6. The summed E-state index contributed by atoms with van der Waals surface area (Å²) in [6.07, 6.45) is 2.31. The van der Waals surface area contributed by atoms with Crippen molar-refractivity contribution in [3.63, 3.8) is 0 Å². The summed E-state index contributed by atoms with van der Waals surface area (Å²) in [5.41, 5.74) is 7.57. The minimum absolute atomic E-state index is 0.237. The zero-order valence-electron chi connectivity index (χ0n) is 26.2. The van der Waals surface area contributed by atoms with E-state index in [-0.39, 0.29) is 5.04 Å². The fraction of sp³-hybridized carbons (Fsp3) is 0.353. The van der Waals surface area contributed by atoms with Gasteiger partial charge in [0.15, 0.2) is 14.1 Å². The van der Waals surface area contributed by atoms with Crippen LogP contribution in [0.4, 0.5) is 0 Å². The number of imidazole rings is 1. The zero-order chi connectivity index (χ0) is 29.9. The van der Waals surface area contributed by atoms with Crippen LogP contribution in [-0.2, 0) is 11.5 Å². The number of ether oxygens (including phenoxy) is 1. The molecule has 0 bridgehead atoms. The summed E-state index contributed by atoms with van der Waals surface area (Å²) in [5, 5.41) is 7.65. The standard InChI is InChI=1S/C34H43N5OSi2/c1-34(2,3)42(7,8)39-19-18-26-25(12-11-15-31(26)39)24-16-17-30-27(22-24)32(33-35-28-13-9-10-14-29(28)36-33)37-38(30)23-40-20-21-41(4,5)6/h9-19,22H,20-21,23H2,1-8H3,(H,35,36). The van der Waals surface area contributed by atoms with E-state index in [2.05, 4.69) is 117 Å². The van der Waals surface area contributed by atoms with E-state index in [0.29, 0.717) is 6.73 Å². The van der Waals surface area contributed by atoms with E-state index in [0.717, 1.165) is 46.1 Å². The van der Waals surface area contributed by atoms with Gasteiger partial charge in [-0.3, -0.25) is 0 Å². The molecular weight excluding hydrogens is 551 g/mol. The van der Waals surface area contributed by atoms with Gasteiger partial charge in [0, 0.05) is 31.0 Å². The molecule has 218 valence electrons. The van der Waals surface area contributed by atoms with Crippen LogP contribution >= 0.6 is 0 Å². The van der Waals surface area contributed by atoms with E-state index < -0.39 is 16.3 Å². The molecule has 6 rings (SSSR count). The third-order valence-electron chi connectivity index (χ3n) is 9.06. The molecule has 3 aromatic heterocycles. The Hall–Kier alpha value is -3.47. The highest BCUT2D eigenvalue weighted by Crippen LogP contribution is 2.41. The molecule has 6 nitrogen and oxygen atoms in total. The first-order chi connectivity index (χ1) is 19.8. The molecule has 0 unspecified atom stereocenters. The lowest BCUT2D eigenvalue weighted by molar-refractivity contribution is 0.0818. The van der Waals surface area contributed by atoms with E-state index in [4.69, 9.17) is 14.8 Å². The molecule has 6 aromatic rings. The fourth-order valence-electron chi connectivity index (χ4n) is 5.48. The number of rotatable bonds is 8. The van der Waals surface area contributed by atoms with Crippen molar-refractivity contribution >= 4 is 49.1 Å². The van der Waals surface area contributed by atoms with Crippen LogP contribution in [0.3, 0.4) is 0 Å². The molecule has 0 aliphatic carbocycles. The van der Waals surface area contributed by atoms with Crippen molar-refractivity contribution in [1.82, 2.24) is 24.0 Å². The van der Waals surface area contributed by atoms with Crippen LogP contribution in [0.1, 0.15) is 20.8 Å². The third-order valence-corrected chi connectivity index (χ3v) is 16.0. The van der Waals surface area contributed by atoms with Crippen molar-refractivity contribution in [2.75, 3.05) is 6.61 Å². The molecule has 0 saturated carbocycles. The minimum Gasteiger partial charge on any atom is -0.374 e. The predicted octanol–water partition coefficient (Wildman–Crippen LogP) is 9.37. The van der Waals surface area contributed by atoms with Crippen LogP contribution in [0.2, 0.25) is 43.8 Å². The van der Waals surface area contributed by atoms with E-state index in [1.54, 1.807) is 0 Å². The highest BCUT2D eigenvalue weighted by molar-refractivity contribution is 6.79. The van der Waals surface area contributed by atoms with Gasteiger partial charge >= 0.3 is 0 Å². The fourth-order valence-corrected chi connectivity index (χ4v) is 8.21. The van der Waals surface area contributed by atoms with E-state index in [1.165, 1.54) is 22.0 Å². The minimum atomic E-state index is -1.78. The Morgan fingerprint density at radius 2 is 1.64 bits per heavy atom. The summed E-state index contributed by atoms with van der Waals surface area (Å²) in [7, 11) is -2.95. The molecule has 0 spiro atoms. The second-order valence-corrected chi connectivity index (χ2v) is 25.0. The van der Waals surface area contributed by atoms with E-state index in [9.17, 15) is 0 Å². The molecule has 3 heterocycles. The maximum absolute atomic E-state index is 6.15. The number of hydrogen-bond acceptors (Lipinski definition) is 3. The summed E-state index contributed by atoms with van der Waals surface area (Å²) in [6.45, 7) is 20.3. The third kappa shape index (κ3) is 5.16. The second-order valence-electron chi connectivity index (χ2n) is 14.3. The van der Waals surface area contributed by atoms with Crippen LogP contribution < -0.4 is 0 Å². The van der Waals surface area contributed by atoms with Gasteiger partial charge in [-0.15, -0.1) is 0 Å². The van der Waals surface area contributed by atoms with E-state index in [1.807, 2.05) is 22.9 Å². The lowest BCUT2D eigenvalue weighted by Gasteiger charge is -2.38. The molecule has 42 heavy (non-hydrogen) atoms. The molecule has 1 N–H and O–H groups in total. The molecule has 0 saturated heterocycles. The molecule has 3 aromatic carbocycles. The van der Waals surface area contributed by atoms with Gasteiger partial charge in [-0.1, -0.05) is 83.8 Å². The summed E-state index contributed by atoms with van der Waals surface area (Å²) in [4.78, 5) is 8.42.